The van der Waals surface area contributed by atoms with Crippen LogP contribution in [0, 0.1) is 0 Å². The molecule has 8 heteroatoms. The highest BCUT2D eigenvalue weighted by Crippen LogP contribution is 2.23. The molecule has 0 aliphatic heterocycles. The van der Waals surface area contributed by atoms with Crippen molar-refractivity contribution in [2.24, 2.45) is 7.05 Å². The van der Waals surface area contributed by atoms with Gasteiger partial charge in [-0.05, 0) is 48.9 Å². The predicted octanol–water partition coefficient (Wildman–Crippen LogP) is 5.40. The van der Waals surface area contributed by atoms with Crippen LogP contribution < -0.4 is 0 Å². The zero-order valence-corrected chi connectivity index (χ0v) is 19.8. The van der Waals surface area contributed by atoms with E-state index < -0.39 is 0 Å². The molecule has 6 nitrogen and oxygen atoms in total. The number of unbranched alkanes of at least 4 members (excludes halogenated alkanes) is 1. The van der Waals surface area contributed by atoms with Crippen molar-refractivity contribution in [1.29, 1.82) is 0 Å². The van der Waals surface area contributed by atoms with E-state index in [2.05, 4.69) is 0 Å². The number of aryl methyl sites for hydroxylation is 1. The highest BCUT2D eigenvalue weighted by Gasteiger charge is 2.24. The minimum atomic E-state index is -0.248. The number of aromatic nitrogens is 1. The van der Waals surface area contributed by atoms with Crippen LogP contribution in [0.2, 0.25) is 10.0 Å². The van der Waals surface area contributed by atoms with Gasteiger partial charge in [-0.15, -0.1) is 0 Å². The molecular formula is C24H27Cl2N3O3. The fourth-order valence-corrected chi connectivity index (χ4v) is 3.65. The molecule has 2 heterocycles. The maximum atomic E-state index is 13.4. The van der Waals surface area contributed by atoms with Gasteiger partial charge in [-0.2, -0.15) is 0 Å². The lowest BCUT2D eigenvalue weighted by atomic mass is 10.2. The Morgan fingerprint density at radius 3 is 2.47 bits per heavy atom. The second kappa shape index (κ2) is 11.2. The zero-order valence-electron chi connectivity index (χ0n) is 18.3. The summed E-state index contributed by atoms with van der Waals surface area (Å²) in [5.41, 5.74) is 1.39. The molecule has 0 aliphatic carbocycles. The van der Waals surface area contributed by atoms with Gasteiger partial charge < -0.3 is 18.8 Å². The van der Waals surface area contributed by atoms with Crippen LogP contribution in [-0.2, 0) is 24.9 Å². The first-order chi connectivity index (χ1) is 15.4. The second-order valence-electron chi connectivity index (χ2n) is 7.65. The lowest BCUT2D eigenvalue weighted by Crippen LogP contribution is -2.43. The third-order valence-corrected chi connectivity index (χ3v) is 5.98. The quantitative estimate of drug-likeness (QED) is 0.394. The Hall–Kier alpha value is -2.70. The molecule has 2 aromatic heterocycles. The van der Waals surface area contributed by atoms with Crippen LogP contribution in [0.25, 0.3) is 0 Å². The summed E-state index contributed by atoms with van der Waals surface area (Å²) in [5.74, 6) is 0.276. The summed E-state index contributed by atoms with van der Waals surface area (Å²) in [4.78, 5) is 29.8. The van der Waals surface area contributed by atoms with Gasteiger partial charge in [0.15, 0.2) is 0 Å². The van der Waals surface area contributed by atoms with E-state index in [1.165, 1.54) is 0 Å². The molecule has 2 amide bonds. The molecule has 0 radical (unpaired) electrons. The SMILES string of the molecule is CCCCN(CC(=O)N(Cc1ccco1)Cc1cccn1C)C(=O)c1ccc(Cl)c(Cl)c1. The van der Waals surface area contributed by atoms with Gasteiger partial charge in [-0.3, -0.25) is 9.59 Å². The van der Waals surface area contributed by atoms with Crippen LogP contribution in [0.1, 0.15) is 41.6 Å². The Morgan fingerprint density at radius 1 is 1.03 bits per heavy atom. The maximum Gasteiger partial charge on any atom is 0.254 e. The molecule has 0 saturated heterocycles. The van der Waals surface area contributed by atoms with Crippen molar-refractivity contribution in [2.45, 2.75) is 32.9 Å². The number of hydrogen-bond donors (Lipinski definition) is 0. The summed E-state index contributed by atoms with van der Waals surface area (Å²) in [6.07, 6.45) is 5.21. The lowest BCUT2D eigenvalue weighted by Gasteiger charge is -2.27. The Kier molecular flexibility index (Phi) is 8.42. The molecule has 1 aromatic carbocycles. The van der Waals surface area contributed by atoms with Crippen molar-refractivity contribution in [3.05, 3.63) is 82.0 Å². The predicted molar refractivity (Wildman–Crippen MR) is 126 cm³/mol. The fraction of sp³-hybridized carbons (Fsp3) is 0.333. The summed E-state index contributed by atoms with van der Waals surface area (Å²) < 4.78 is 7.44. The summed E-state index contributed by atoms with van der Waals surface area (Å²) in [5, 5.41) is 0.689. The Balaban J connectivity index is 1.80. The van der Waals surface area contributed by atoms with E-state index >= 15 is 0 Å². The average Bonchev–Trinajstić information content (AvgIpc) is 3.44. The maximum absolute atomic E-state index is 13.4. The first-order valence-corrected chi connectivity index (χ1v) is 11.3. The normalized spacial score (nSPS) is 10.9. The van der Waals surface area contributed by atoms with E-state index in [9.17, 15) is 9.59 Å². The standard InChI is InChI=1S/C24H27Cl2N3O3/c1-3-4-12-28(24(31)18-9-10-21(25)22(26)14-18)17-23(30)29(16-20-8-6-13-32-20)15-19-7-5-11-27(19)2/h5-11,13-14H,3-4,12,15-17H2,1-2H3. The van der Waals surface area contributed by atoms with Crippen molar-refractivity contribution < 1.29 is 14.0 Å². The van der Waals surface area contributed by atoms with Gasteiger partial charge in [0.1, 0.15) is 12.3 Å². The van der Waals surface area contributed by atoms with Crippen LogP contribution in [0.15, 0.2) is 59.3 Å². The van der Waals surface area contributed by atoms with Gasteiger partial charge in [0.05, 0.1) is 29.4 Å². The van der Waals surface area contributed by atoms with E-state index in [1.54, 1.807) is 40.3 Å². The van der Waals surface area contributed by atoms with Crippen LogP contribution in [0.3, 0.4) is 0 Å². The largest absolute Gasteiger partial charge is 0.467 e. The van der Waals surface area contributed by atoms with Gasteiger partial charge in [0.25, 0.3) is 5.91 Å². The molecule has 0 aliphatic rings. The smallest absolute Gasteiger partial charge is 0.254 e. The van der Waals surface area contributed by atoms with Crippen LogP contribution in [0.5, 0.6) is 0 Å². The molecule has 170 valence electrons. The monoisotopic (exact) mass is 475 g/mol. The topological polar surface area (TPSA) is 58.7 Å². The summed E-state index contributed by atoms with van der Waals surface area (Å²) in [6.45, 7) is 3.21. The number of carbonyl (C=O) groups is 2. The van der Waals surface area contributed by atoms with Gasteiger partial charge in [0.2, 0.25) is 5.91 Å². The van der Waals surface area contributed by atoms with Gasteiger partial charge in [0, 0.05) is 31.0 Å². The minimum absolute atomic E-state index is 0.0375. The Morgan fingerprint density at radius 2 is 1.84 bits per heavy atom. The molecular weight excluding hydrogens is 449 g/mol. The number of furan rings is 1. The number of amides is 2. The molecule has 0 atom stereocenters. The number of nitrogens with zero attached hydrogens (tertiary/aromatic N) is 3. The molecule has 0 fully saturated rings. The first kappa shape index (κ1) is 24.0. The van der Waals surface area contributed by atoms with Crippen molar-refractivity contribution in [1.82, 2.24) is 14.4 Å². The number of carbonyl (C=O) groups excluding carboxylic acids is 2. The summed E-state index contributed by atoms with van der Waals surface area (Å²) in [6, 6.07) is 12.3. The molecule has 3 rings (SSSR count). The zero-order chi connectivity index (χ0) is 23.1. The van der Waals surface area contributed by atoms with Crippen LogP contribution in [0.4, 0.5) is 0 Å². The number of rotatable bonds is 10. The van der Waals surface area contributed by atoms with Gasteiger partial charge in [-0.1, -0.05) is 36.5 Å². The first-order valence-electron chi connectivity index (χ1n) is 10.5. The molecule has 32 heavy (non-hydrogen) atoms. The van der Waals surface area contributed by atoms with E-state index in [0.717, 1.165) is 18.5 Å². The fourth-order valence-electron chi connectivity index (χ4n) is 3.36. The summed E-state index contributed by atoms with van der Waals surface area (Å²) >= 11 is 12.1. The third-order valence-electron chi connectivity index (χ3n) is 5.25. The van der Waals surface area contributed by atoms with Crippen molar-refractivity contribution in [2.75, 3.05) is 13.1 Å². The highest BCUT2D eigenvalue weighted by atomic mass is 35.5. The van der Waals surface area contributed by atoms with Crippen molar-refractivity contribution >= 4 is 35.0 Å². The molecule has 0 N–H and O–H groups in total. The summed E-state index contributed by atoms with van der Waals surface area (Å²) in [7, 11) is 1.94. The van der Waals surface area contributed by atoms with Crippen molar-refractivity contribution in [3.63, 3.8) is 0 Å². The van der Waals surface area contributed by atoms with E-state index in [0.29, 0.717) is 41.0 Å². The van der Waals surface area contributed by atoms with Gasteiger partial charge >= 0.3 is 0 Å². The highest BCUT2D eigenvalue weighted by molar-refractivity contribution is 6.42. The van der Waals surface area contributed by atoms with Crippen LogP contribution in [-0.4, -0.2) is 39.3 Å². The third kappa shape index (κ3) is 6.17. The minimum Gasteiger partial charge on any atom is -0.467 e. The average molecular weight is 476 g/mol. The van der Waals surface area contributed by atoms with E-state index in [4.69, 9.17) is 27.6 Å². The number of benzene rings is 1. The molecule has 3 aromatic rings. The van der Waals surface area contributed by atoms with Crippen LogP contribution >= 0.6 is 23.2 Å². The van der Waals surface area contributed by atoms with E-state index in [-0.39, 0.29) is 18.4 Å². The Labute approximate surface area is 198 Å². The van der Waals surface area contributed by atoms with Gasteiger partial charge in [-0.25, -0.2) is 0 Å². The second-order valence-corrected chi connectivity index (χ2v) is 8.46. The number of hydrogen-bond acceptors (Lipinski definition) is 3. The molecule has 0 bridgehead atoms. The molecule has 0 saturated carbocycles. The van der Waals surface area contributed by atoms with Crippen molar-refractivity contribution in [3.8, 4) is 0 Å². The molecule has 0 unspecified atom stereocenters. The lowest BCUT2D eigenvalue weighted by molar-refractivity contribution is -0.133. The Bertz CT molecular complexity index is 1050. The number of halogens is 2. The van der Waals surface area contributed by atoms with E-state index in [1.807, 2.05) is 42.9 Å². The molecule has 0 spiro atoms.